The van der Waals surface area contributed by atoms with Crippen LogP contribution in [-0.4, -0.2) is 23.4 Å². The van der Waals surface area contributed by atoms with Crippen LogP contribution in [0.15, 0.2) is 34.4 Å². The van der Waals surface area contributed by atoms with Crippen molar-refractivity contribution in [3.8, 4) is 0 Å². The smallest absolute Gasteiger partial charge is 0.218 e. The molecule has 6 nitrogen and oxygen atoms in total. The zero-order valence-electron chi connectivity index (χ0n) is 10.2. The summed E-state index contributed by atoms with van der Waals surface area (Å²) in [6, 6.07) is 5.71. The van der Waals surface area contributed by atoms with Crippen molar-refractivity contribution in [2.45, 2.75) is 6.42 Å². The number of halogens is 1. The molecule has 0 aliphatic heterocycles. The molecule has 0 bridgehead atoms. The lowest BCUT2D eigenvalue weighted by molar-refractivity contribution is 0.969. The minimum Gasteiger partial charge on any atom is -0.370 e. The van der Waals surface area contributed by atoms with Gasteiger partial charge in [-0.1, -0.05) is 11.6 Å². The molecule has 1 aromatic carbocycles. The highest BCUT2D eigenvalue weighted by atomic mass is 35.5. The molecule has 2 aromatic rings. The van der Waals surface area contributed by atoms with E-state index in [-0.39, 0.29) is 11.9 Å². The van der Waals surface area contributed by atoms with Crippen molar-refractivity contribution >= 4 is 34.4 Å². The molecule has 0 amide bonds. The number of nitrogens with two attached hydrogens (primary N) is 3. The van der Waals surface area contributed by atoms with Crippen molar-refractivity contribution in [1.29, 1.82) is 0 Å². The van der Waals surface area contributed by atoms with Crippen molar-refractivity contribution in [2.24, 2.45) is 27.2 Å². The number of aliphatic imine (C=N–C) groups is 2. The number of aromatic nitrogens is 1. The fraction of sp³-hybridized carbons (Fsp3) is 0.167. The number of hydrogen-bond acceptors (Lipinski definition) is 1. The number of nitrogens with one attached hydrogen (secondary N) is 1. The van der Waals surface area contributed by atoms with Crippen LogP contribution >= 0.6 is 11.6 Å². The Bertz CT molecular complexity index is 639. The largest absolute Gasteiger partial charge is 0.370 e. The van der Waals surface area contributed by atoms with Gasteiger partial charge in [-0.25, -0.2) is 0 Å². The van der Waals surface area contributed by atoms with Gasteiger partial charge in [-0.3, -0.25) is 4.99 Å². The van der Waals surface area contributed by atoms with E-state index in [4.69, 9.17) is 28.8 Å². The zero-order chi connectivity index (χ0) is 13.8. The summed E-state index contributed by atoms with van der Waals surface area (Å²) >= 11 is 5.98. The van der Waals surface area contributed by atoms with Crippen molar-refractivity contribution < 1.29 is 0 Å². The molecule has 0 fully saturated rings. The fourth-order valence-corrected chi connectivity index (χ4v) is 1.99. The molecular formula is C12H15ClN6. The lowest BCUT2D eigenvalue weighted by atomic mass is 10.1. The van der Waals surface area contributed by atoms with E-state index in [0.29, 0.717) is 11.6 Å². The highest BCUT2D eigenvalue weighted by Gasteiger charge is 2.03. The molecule has 0 saturated carbocycles. The van der Waals surface area contributed by atoms with Crippen molar-refractivity contribution in [1.82, 2.24) is 4.98 Å². The van der Waals surface area contributed by atoms with E-state index in [2.05, 4.69) is 15.0 Å². The van der Waals surface area contributed by atoms with Gasteiger partial charge in [0.15, 0.2) is 5.96 Å². The number of guanidine groups is 2. The maximum absolute atomic E-state index is 5.98. The monoisotopic (exact) mass is 278 g/mol. The Hall–Kier alpha value is -2.21. The van der Waals surface area contributed by atoms with Gasteiger partial charge in [-0.05, 0) is 30.2 Å². The fourth-order valence-electron chi connectivity index (χ4n) is 1.82. The maximum Gasteiger partial charge on any atom is 0.218 e. The summed E-state index contributed by atoms with van der Waals surface area (Å²) in [5.74, 6) is -0.0157. The number of nitrogens with zero attached hydrogens (tertiary/aromatic N) is 2. The Kier molecular flexibility index (Phi) is 3.91. The number of rotatable bonds is 3. The van der Waals surface area contributed by atoms with E-state index in [9.17, 15) is 0 Å². The molecule has 7 heteroatoms. The second kappa shape index (κ2) is 5.62. The van der Waals surface area contributed by atoms with Gasteiger partial charge in [0.2, 0.25) is 5.96 Å². The summed E-state index contributed by atoms with van der Waals surface area (Å²) in [6.45, 7) is 0.502. The van der Waals surface area contributed by atoms with Gasteiger partial charge >= 0.3 is 0 Å². The van der Waals surface area contributed by atoms with Crippen LogP contribution in [0.3, 0.4) is 0 Å². The van der Waals surface area contributed by atoms with Crippen molar-refractivity contribution in [3.63, 3.8) is 0 Å². The number of benzene rings is 1. The highest BCUT2D eigenvalue weighted by molar-refractivity contribution is 6.31. The van der Waals surface area contributed by atoms with Crippen LogP contribution < -0.4 is 17.2 Å². The summed E-state index contributed by atoms with van der Waals surface area (Å²) in [7, 11) is 0. The number of hydrogen-bond donors (Lipinski definition) is 4. The Morgan fingerprint density at radius 3 is 2.79 bits per heavy atom. The first-order valence-electron chi connectivity index (χ1n) is 5.71. The van der Waals surface area contributed by atoms with E-state index in [1.54, 1.807) is 0 Å². The standard InChI is InChI=1S/C12H15ClN6/c13-8-1-2-10-9(5-8)7(6-18-10)3-4-17-12(16)19-11(14)15/h1-2,5-6,18H,3-4H2,(H6,14,15,16,17,19). The second-order valence-electron chi connectivity index (χ2n) is 4.03. The van der Waals surface area contributed by atoms with Crippen LogP contribution in [0.25, 0.3) is 10.9 Å². The number of fused-ring (bicyclic) bond motifs is 1. The molecule has 2 rings (SSSR count). The van der Waals surface area contributed by atoms with Crippen LogP contribution in [-0.2, 0) is 6.42 Å². The van der Waals surface area contributed by atoms with Crippen molar-refractivity contribution in [3.05, 3.63) is 35.0 Å². The van der Waals surface area contributed by atoms with E-state index in [1.807, 2.05) is 24.4 Å². The lowest BCUT2D eigenvalue weighted by Gasteiger charge is -1.98. The normalized spacial score (nSPS) is 11.7. The van der Waals surface area contributed by atoms with Gasteiger partial charge in [0.1, 0.15) is 0 Å². The molecule has 0 aliphatic carbocycles. The molecule has 0 saturated heterocycles. The number of aromatic amines is 1. The van der Waals surface area contributed by atoms with Gasteiger partial charge in [-0.2, -0.15) is 4.99 Å². The van der Waals surface area contributed by atoms with Gasteiger partial charge in [0.05, 0.1) is 0 Å². The van der Waals surface area contributed by atoms with Gasteiger partial charge in [0, 0.05) is 28.7 Å². The van der Waals surface area contributed by atoms with Crippen molar-refractivity contribution in [2.75, 3.05) is 6.54 Å². The predicted molar refractivity (Wildman–Crippen MR) is 79.3 cm³/mol. The van der Waals surface area contributed by atoms with Crippen LogP contribution in [0.4, 0.5) is 0 Å². The molecular weight excluding hydrogens is 264 g/mol. The van der Waals surface area contributed by atoms with E-state index < -0.39 is 0 Å². The third kappa shape index (κ3) is 3.38. The topological polar surface area (TPSA) is 119 Å². The quantitative estimate of drug-likeness (QED) is 0.494. The minimum atomic E-state index is -0.0971. The van der Waals surface area contributed by atoms with Crippen LogP contribution in [0.5, 0.6) is 0 Å². The molecule has 100 valence electrons. The predicted octanol–water partition coefficient (Wildman–Crippen LogP) is 0.952. The van der Waals surface area contributed by atoms with Crippen LogP contribution in [0.2, 0.25) is 5.02 Å². The second-order valence-corrected chi connectivity index (χ2v) is 4.47. The molecule has 7 N–H and O–H groups in total. The third-order valence-electron chi connectivity index (χ3n) is 2.63. The van der Waals surface area contributed by atoms with Gasteiger partial charge in [-0.15, -0.1) is 0 Å². The van der Waals surface area contributed by atoms with E-state index in [1.165, 1.54) is 0 Å². The Morgan fingerprint density at radius 1 is 1.26 bits per heavy atom. The summed E-state index contributed by atoms with van der Waals surface area (Å²) in [5, 5.41) is 1.79. The maximum atomic E-state index is 5.98. The third-order valence-corrected chi connectivity index (χ3v) is 2.86. The van der Waals surface area contributed by atoms with Crippen LogP contribution in [0.1, 0.15) is 5.56 Å². The Morgan fingerprint density at radius 2 is 2.05 bits per heavy atom. The van der Waals surface area contributed by atoms with E-state index >= 15 is 0 Å². The molecule has 0 atom stereocenters. The average molecular weight is 279 g/mol. The zero-order valence-corrected chi connectivity index (χ0v) is 11.0. The summed E-state index contributed by atoms with van der Waals surface area (Å²) in [5.41, 5.74) is 18.1. The van der Waals surface area contributed by atoms with Gasteiger partial charge in [0.25, 0.3) is 0 Å². The summed E-state index contributed by atoms with van der Waals surface area (Å²) < 4.78 is 0. The molecule has 19 heavy (non-hydrogen) atoms. The molecule has 0 unspecified atom stereocenters. The molecule has 0 radical (unpaired) electrons. The summed E-state index contributed by atoms with van der Waals surface area (Å²) in [4.78, 5) is 10.9. The van der Waals surface area contributed by atoms with Gasteiger partial charge < -0.3 is 22.2 Å². The van der Waals surface area contributed by atoms with Crippen LogP contribution in [0, 0.1) is 0 Å². The minimum absolute atomic E-state index is 0.0814. The molecule has 0 spiro atoms. The number of H-pyrrole nitrogens is 1. The lowest BCUT2D eigenvalue weighted by Crippen LogP contribution is -2.26. The Balaban J connectivity index is 2.10. The van der Waals surface area contributed by atoms with E-state index in [0.717, 1.165) is 22.9 Å². The highest BCUT2D eigenvalue weighted by Crippen LogP contribution is 2.22. The average Bonchev–Trinajstić information content (AvgIpc) is 2.71. The molecule has 1 aromatic heterocycles. The summed E-state index contributed by atoms with van der Waals surface area (Å²) in [6.07, 6.45) is 2.66. The first-order valence-corrected chi connectivity index (χ1v) is 6.09. The Labute approximate surface area is 115 Å². The first kappa shape index (κ1) is 13.2. The SMILES string of the molecule is NC(N)=NC(N)=NCCc1c[nH]c2ccc(Cl)cc12. The first-order chi connectivity index (χ1) is 9.06. The molecule has 1 heterocycles. The molecule has 0 aliphatic rings.